The van der Waals surface area contributed by atoms with E-state index in [4.69, 9.17) is 11.1 Å². The molecule has 62 valence electrons. The van der Waals surface area contributed by atoms with Crippen LogP contribution in [0.5, 0.6) is 0 Å². The lowest BCUT2D eigenvalue weighted by Crippen LogP contribution is -2.09. The zero-order valence-electron chi connectivity index (χ0n) is 6.91. The van der Waals surface area contributed by atoms with Crippen molar-refractivity contribution in [2.75, 3.05) is 0 Å². The molecule has 0 unspecified atom stereocenters. The molecule has 0 aliphatic rings. The number of hydrogen-bond acceptors (Lipinski definition) is 1. The first-order chi connectivity index (χ1) is 5.70. The van der Waals surface area contributed by atoms with Crippen LogP contribution in [0, 0.1) is 5.41 Å². The molecule has 0 aromatic heterocycles. The molecule has 0 radical (unpaired) electrons. The molecule has 0 aliphatic heterocycles. The summed E-state index contributed by atoms with van der Waals surface area (Å²) in [7, 11) is 0. The van der Waals surface area contributed by atoms with Gasteiger partial charge in [0.1, 0.15) is 0 Å². The van der Waals surface area contributed by atoms with Crippen LogP contribution in [0.1, 0.15) is 12.5 Å². The quantitative estimate of drug-likeness (QED) is 0.474. The van der Waals surface area contributed by atoms with Gasteiger partial charge in [-0.1, -0.05) is 30.3 Å². The second-order valence-electron chi connectivity index (χ2n) is 2.47. The van der Waals surface area contributed by atoms with Gasteiger partial charge in [-0.05, 0) is 6.92 Å². The average Bonchev–Trinajstić information content (AvgIpc) is 2.05. The highest BCUT2D eigenvalue weighted by Gasteiger charge is 1.96. The molecule has 1 rings (SSSR count). The standard InChI is InChI=1S/C9H11N3/c1-7(10)12-9(11)8-5-3-2-4-6-8/h2-6H,1H3,(H3,10,11,12). The van der Waals surface area contributed by atoms with Gasteiger partial charge in [0.05, 0.1) is 5.84 Å². The van der Waals surface area contributed by atoms with E-state index in [-0.39, 0.29) is 5.84 Å². The Morgan fingerprint density at radius 1 is 1.33 bits per heavy atom. The summed E-state index contributed by atoms with van der Waals surface area (Å²) in [4.78, 5) is 3.83. The van der Waals surface area contributed by atoms with E-state index in [0.29, 0.717) is 5.84 Å². The summed E-state index contributed by atoms with van der Waals surface area (Å²) >= 11 is 0. The molecule has 0 amide bonds. The summed E-state index contributed by atoms with van der Waals surface area (Å²) in [5.74, 6) is 0.611. The first-order valence-corrected chi connectivity index (χ1v) is 3.65. The molecule has 3 heteroatoms. The fourth-order valence-corrected chi connectivity index (χ4v) is 0.837. The van der Waals surface area contributed by atoms with Crippen LogP contribution in [0.3, 0.4) is 0 Å². The maximum Gasteiger partial charge on any atom is 0.153 e. The third-order valence-corrected chi connectivity index (χ3v) is 1.34. The molecule has 0 heterocycles. The number of hydrogen-bond donors (Lipinski definition) is 2. The Hall–Kier alpha value is -1.64. The monoisotopic (exact) mass is 161 g/mol. The molecule has 12 heavy (non-hydrogen) atoms. The number of rotatable bonds is 1. The molecule has 3 nitrogen and oxygen atoms in total. The number of aliphatic imine (C=N–C) groups is 1. The first-order valence-electron chi connectivity index (χ1n) is 3.65. The summed E-state index contributed by atoms with van der Waals surface area (Å²) in [5.41, 5.74) is 6.12. The fourth-order valence-electron chi connectivity index (χ4n) is 0.837. The summed E-state index contributed by atoms with van der Waals surface area (Å²) in [6.45, 7) is 1.66. The Labute approximate surface area is 71.4 Å². The van der Waals surface area contributed by atoms with Crippen molar-refractivity contribution in [1.82, 2.24) is 0 Å². The lowest BCUT2D eigenvalue weighted by atomic mass is 10.2. The van der Waals surface area contributed by atoms with Crippen molar-refractivity contribution < 1.29 is 0 Å². The maximum absolute atomic E-state index is 7.49. The molecule has 0 aliphatic carbocycles. The highest BCUT2D eigenvalue weighted by molar-refractivity contribution is 6.03. The minimum Gasteiger partial charge on any atom is -0.387 e. The van der Waals surface area contributed by atoms with E-state index in [0.717, 1.165) is 5.56 Å². The Morgan fingerprint density at radius 3 is 2.42 bits per heavy atom. The van der Waals surface area contributed by atoms with Gasteiger partial charge in [0.2, 0.25) is 0 Å². The van der Waals surface area contributed by atoms with Crippen molar-refractivity contribution >= 4 is 11.7 Å². The summed E-state index contributed by atoms with van der Waals surface area (Å²) in [6.07, 6.45) is 0. The van der Waals surface area contributed by atoms with Crippen LogP contribution < -0.4 is 5.73 Å². The lowest BCUT2D eigenvalue weighted by molar-refractivity contribution is 1.39. The van der Waals surface area contributed by atoms with E-state index in [1.807, 2.05) is 30.3 Å². The van der Waals surface area contributed by atoms with Crippen LogP contribution in [-0.4, -0.2) is 11.7 Å². The van der Waals surface area contributed by atoms with Gasteiger partial charge in [-0.3, -0.25) is 5.41 Å². The average molecular weight is 161 g/mol. The van der Waals surface area contributed by atoms with Crippen molar-refractivity contribution in [3.63, 3.8) is 0 Å². The molecule has 1 aromatic carbocycles. The minimum atomic E-state index is 0.204. The largest absolute Gasteiger partial charge is 0.387 e. The molecular formula is C9H11N3. The first kappa shape index (κ1) is 8.46. The molecule has 3 N–H and O–H groups in total. The van der Waals surface area contributed by atoms with Gasteiger partial charge in [0.25, 0.3) is 0 Å². The van der Waals surface area contributed by atoms with Crippen LogP contribution in [0.2, 0.25) is 0 Å². The van der Waals surface area contributed by atoms with Crippen molar-refractivity contribution in [3.05, 3.63) is 35.9 Å². The van der Waals surface area contributed by atoms with E-state index in [1.165, 1.54) is 0 Å². The topological polar surface area (TPSA) is 62.2 Å². The number of nitrogens with one attached hydrogen (secondary N) is 1. The van der Waals surface area contributed by atoms with Crippen molar-refractivity contribution in [2.45, 2.75) is 6.92 Å². The number of amidine groups is 2. The van der Waals surface area contributed by atoms with E-state index < -0.39 is 0 Å². The van der Waals surface area contributed by atoms with Crippen LogP contribution in [0.15, 0.2) is 35.3 Å². The number of nitrogens with zero attached hydrogens (tertiary/aromatic N) is 1. The SMILES string of the molecule is C/C(N)=N\C(=N)c1ccccc1. The molecular weight excluding hydrogens is 150 g/mol. The fraction of sp³-hybridized carbons (Fsp3) is 0.111. The van der Waals surface area contributed by atoms with Gasteiger partial charge in [-0.15, -0.1) is 0 Å². The van der Waals surface area contributed by atoms with Gasteiger partial charge in [-0.2, -0.15) is 0 Å². The van der Waals surface area contributed by atoms with E-state index in [9.17, 15) is 0 Å². The predicted octanol–water partition coefficient (Wildman–Crippen LogP) is 1.39. The summed E-state index contributed by atoms with van der Waals surface area (Å²) in [5, 5.41) is 7.49. The highest BCUT2D eigenvalue weighted by Crippen LogP contribution is 1.99. The Balaban J connectivity index is 2.87. The van der Waals surface area contributed by atoms with Gasteiger partial charge in [0, 0.05) is 5.56 Å². The Morgan fingerprint density at radius 2 is 1.92 bits per heavy atom. The molecule has 0 saturated carbocycles. The zero-order valence-corrected chi connectivity index (χ0v) is 6.91. The predicted molar refractivity (Wildman–Crippen MR) is 50.6 cm³/mol. The van der Waals surface area contributed by atoms with Gasteiger partial charge >= 0.3 is 0 Å². The lowest BCUT2D eigenvalue weighted by Gasteiger charge is -1.97. The van der Waals surface area contributed by atoms with Gasteiger partial charge < -0.3 is 5.73 Å². The van der Waals surface area contributed by atoms with Crippen LogP contribution in [0.4, 0.5) is 0 Å². The normalized spacial score (nSPS) is 11.2. The second-order valence-corrected chi connectivity index (χ2v) is 2.47. The van der Waals surface area contributed by atoms with Crippen LogP contribution in [-0.2, 0) is 0 Å². The Bertz CT molecular complexity index is 297. The van der Waals surface area contributed by atoms with Crippen molar-refractivity contribution in [3.8, 4) is 0 Å². The van der Waals surface area contributed by atoms with Crippen LogP contribution >= 0.6 is 0 Å². The number of nitrogens with two attached hydrogens (primary N) is 1. The van der Waals surface area contributed by atoms with E-state index in [1.54, 1.807) is 6.92 Å². The van der Waals surface area contributed by atoms with Crippen LogP contribution in [0.25, 0.3) is 0 Å². The van der Waals surface area contributed by atoms with E-state index >= 15 is 0 Å². The molecule has 1 aromatic rings. The molecule has 0 atom stereocenters. The maximum atomic E-state index is 7.49. The molecule has 0 saturated heterocycles. The number of benzene rings is 1. The zero-order chi connectivity index (χ0) is 8.97. The molecule has 0 bridgehead atoms. The summed E-state index contributed by atoms with van der Waals surface area (Å²) in [6, 6.07) is 9.29. The summed E-state index contributed by atoms with van der Waals surface area (Å²) < 4.78 is 0. The molecule has 0 spiro atoms. The van der Waals surface area contributed by atoms with Crippen molar-refractivity contribution in [2.24, 2.45) is 10.7 Å². The smallest absolute Gasteiger partial charge is 0.153 e. The van der Waals surface area contributed by atoms with E-state index in [2.05, 4.69) is 4.99 Å². The van der Waals surface area contributed by atoms with Crippen molar-refractivity contribution in [1.29, 1.82) is 5.41 Å². The Kier molecular flexibility index (Phi) is 2.58. The van der Waals surface area contributed by atoms with Gasteiger partial charge in [-0.25, -0.2) is 4.99 Å². The minimum absolute atomic E-state index is 0.204. The third kappa shape index (κ3) is 2.20. The highest BCUT2D eigenvalue weighted by atomic mass is 14.9. The van der Waals surface area contributed by atoms with Gasteiger partial charge in [0.15, 0.2) is 5.84 Å². The molecule has 0 fully saturated rings. The third-order valence-electron chi connectivity index (χ3n) is 1.34. The second kappa shape index (κ2) is 3.67.